The number of hydrogen-bond acceptors (Lipinski definition) is 5. The van der Waals surface area contributed by atoms with Crippen LogP contribution in [-0.4, -0.2) is 79.3 Å². The Balaban J connectivity index is 2.16. The molecule has 0 unspecified atom stereocenters. The molecule has 1 aliphatic heterocycles. The van der Waals surface area contributed by atoms with Crippen LogP contribution in [0.4, 0.5) is 4.79 Å². The Hall–Kier alpha value is -1.67. The SMILES string of the molecule is CN(CCN1CCCC1)C(=O)NC(=O)COCC(=O)O. The van der Waals surface area contributed by atoms with Gasteiger partial charge in [0, 0.05) is 20.1 Å². The van der Waals surface area contributed by atoms with E-state index in [9.17, 15) is 14.4 Å². The molecule has 0 radical (unpaired) electrons. The summed E-state index contributed by atoms with van der Waals surface area (Å²) in [5.41, 5.74) is 0. The minimum absolute atomic E-state index is 0.446. The van der Waals surface area contributed by atoms with Crippen molar-refractivity contribution in [3.63, 3.8) is 0 Å². The van der Waals surface area contributed by atoms with Gasteiger partial charge in [0.25, 0.3) is 5.91 Å². The topological polar surface area (TPSA) is 99.2 Å². The van der Waals surface area contributed by atoms with Gasteiger partial charge >= 0.3 is 12.0 Å². The number of nitrogens with one attached hydrogen (secondary N) is 1. The van der Waals surface area contributed by atoms with E-state index in [0.29, 0.717) is 6.54 Å². The van der Waals surface area contributed by atoms with E-state index in [1.807, 2.05) is 0 Å². The lowest BCUT2D eigenvalue weighted by Crippen LogP contribution is -2.44. The number of nitrogens with zero attached hydrogens (tertiary/aromatic N) is 2. The molecule has 0 saturated carbocycles. The average molecular weight is 287 g/mol. The maximum absolute atomic E-state index is 11.7. The first-order valence-electron chi connectivity index (χ1n) is 6.56. The highest BCUT2D eigenvalue weighted by Crippen LogP contribution is 2.06. The Kier molecular flexibility index (Phi) is 6.96. The summed E-state index contributed by atoms with van der Waals surface area (Å²) < 4.78 is 4.59. The number of carboxylic acid groups (broad SMARTS) is 1. The van der Waals surface area contributed by atoms with Gasteiger partial charge < -0.3 is 19.6 Å². The summed E-state index contributed by atoms with van der Waals surface area (Å²) in [5.74, 6) is -1.81. The number of amides is 3. The van der Waals surface area contributed by atoms with Gasteiger partial charge in [-0.05, 0) is 25.9 Å². The van der Waals surface area contributed by atoms with Crippen LogP contribution in [0.5, 0.6) is 0 Å². The monoisotopic (exact) mass is 287 g/mol. The smallest absolute Gasteiger partial charge is 0.329 e. The minimum Gasteiger partial charge on any atom is -0.480 e. The molecule has 0 aliphatic carbocycles. The predicted molar refractivity (Wildman–Crippen MR) is 70.3 cm³/mol. The average Bonchev–Trinajstić information content (AvgIpc) is 2.88. The Labute approximate surface area is 117 Å². The van der Waals surface area contributed by atoms with Crippen LogP contribution >= 0.6 is 0 Å². The van der Waals surface area contributed by atoms with Gasteiger partial charge in [0.05, 0.1) is 0 Å². The molecule has 0 aromatic carbocycles. The van der Waals surface area contributed by atoms with Gasteiger partial charge in [-0.25, -0.2) is 9.59 Å². The van der Waals surface area contributed by atoms with E-state index in [2.05, 4.69) is 15.0 Å². The first-order chi connectivity index (χ1) is 9.49. The van der Waals surface area contributed by atoms with E-state index in [-0.39, 0.29) is 0 Å². The lowest BCUT2D eigenvalue weighted by molar-refractivity contribution is -0.143. The number of likely N-dealkylation sites (N-methyl/N-ethyl adjacent to an activating group) is 1. The van der Waals surface area contributed by atoms with E-state index >= 15 is 0 Å². The number of ether oxygens (including phenoxy) is 1. The van der Waals surface area contributed by atoms with Crippen molar-refractivity contribution in [1.82, 2.24) is 15.1 Å². The fourth-order valence-corrected chi connectivity index (χ4v) is 1.88. The molecule has 1 fully saturated rings. The Bertz CT molecular complexity index is 355. The first kappa shape index (κ1) is 16.4. The van der Waals surface area contributed by atoms with Crippen molar-refractivity contribution in [3.8, 4) is 0 Å². The number of rotatable bonds is 7. The molecule has 3 amide bonds. The number of urea groups is 1. The zero-order valence-corrected chi connectivity index (χ0v) is 11.6. The zero-order valence-electron chi connectivity index (χ0n) is 11.6. The first-order valence-corrected chi connectivity index (χ1v) is 6.56. The molecule has 0 aromatic heterocycles. The van der Waals surface area contributed by atoms with Gasteiger partial charge in [-0.1, -0.05) is 0 Å². The molecule has 8 heteroatoms. The number of likely N-dealkylation sites (tertiary alicyclic amines) is 1. The quantitative estimate of drug-likeness (QED) is 0.645. The van der Waals surface area contributed by atoms with E-state index in [4.69, 9.17) is 5.11 Å². The number of aliphatic carboxylic acids is 1. The normalized spacial score (nSPS) is 15.1. The standard InChI is InChI=1S/C12H21N3O5/c1-14(6-7-15-4-2-3-5-15)12(19)13-10(16)8-20-9-11(17)18/h2-9H2,1H3,(H,17,18)(H,13,16,19). The van der Waals surface area contributed by atoms with E-state index in [1.165, 1.54) is 17.7 Å². The Morgan fingerprint density at radius 2 is 1.90 bits per heavy atom. The van der Waals surface area contributed by atoms with Gasteiger partial charge in [0.2, 0.25) is 0 Å². The van der Waals surface area contributed by atoms with Gasteiger partial charge in [-0.2, -0.15) is 0 Å². The number of carbonyl (C=O) groups is 3. The molecule has 1 rings (SSSR count). The molecule has 8 nitrogen and oxygen atoms in total. The summed E-state index contributed by atoms with van der Waals surface area (Å²) in [6.45, 7) is 2.42. The van der Waals surface area contributed by atoms with E-state index < -0.39 is 31.1 Å². The second kappa shape index (κ2) is 8.49. The maximum Gasteiger partial charge on any atom is 0.329 e. The Morgan fingerprint density at radius 1 is 1.25 bits per heavy atom. The molecular weight excluding hydrogens is 266 g/mol. The predicted octanol–water partition coefficient (Wildman–Crippen LogP) is -0.649. The Morgan fingerprint density at radius 3 is 2.50 bits per heavy atom. The number of hydrogen-bond donors (Lipinski definition) is 2. The molecule has 114 valence electrons. The van der Waals surface area contributed by atoms with Gasteiger partial charge in [0.1, 0.15) is 13.2 Å². The zero-order chi connectivity index (χ0) is 15.0. The van der Waals surface area contributed by atoms with Crippen molar-refractivity contribution in [1.29, 1.82) is 0 Å². The van der Waals surface area contributed by atoms with E-state index in [1.54, 1.807) is 7.05 Å². The highest BCUT2D eigenvalue weighted by Gasteiger charge is 2.16. The third-order valence-corrected chi connectivity index (χ3v) is 3.00. The third kappa shape index (κ3) is 6.48. The fraction of sp³-hybridized carbons (Fsp3) is 0.750. The van der Waals surface area contributed by atoms with Crippen LogP contribution in [0.3, 0.4) is 0 Å². The lowest BCUT2D eigenvalue weighted by Gasteiger charge is -2.21. The van der Waals surface area contributed by atoms with Gasteiger partial charge in [-0.3, -0.25) is 10.1 Å². The fourth-order valence-electron chi connectivity index (χ4n) is 1.88. The van der Waals surface area contributed by atoms with Crippen molar-refractivity contribution in [2.45, 2.75) is 12.8 Å². The molecule has 0 bridgehead atoms. The molecule has 2 N–H and O–H groups in total. The molecular formula is C12H21N3O5. The summed E-state index contributed by atoms with van der Waals surface area (Å²) in [4.78, 5) is 36.8. The molecule has 1 heterocycles. The summed E-state index contributed by atoms with van der Waals surface area (Å²) in [6.07, 6.45) is 2.38. The van der Waals surface area contributed by atoms with Crippen molar-refractivity contribution >= 4 is 17.9 Å². The molecule has 20 heavy (non-hydrogen) atoms. The second-order valence-electron chi connectivity index (χ2n) is 4.71. The number of carboxylic acids is 1. The highest BCUT2D eigenvalue weighted by molar-refractivity contribution is 5.94. The molecule has 0 aromatic rings. The largest absolute Gasteiger partial charge is 0.480 e. The van der Waals surface area contributed by atoms with Crippen LogP contribution in [0, 0.1) is 0 Å². The minimum atomic E-state index is -1.16. The molecule has 0 atom stereocenters. The van der Waals surface area contributed by atoms with Crippen LogP contribution in [-0.2, 0) is 14.3 Å². The summed E-state index contributed by atoms with van der Waals surface area (Å²) in [6, 6.07) is -0.506. The van der Waals surface area contributed by atoms with Crippen molar-refractivity contribution in [3.05, 3.63) is 0 Å². The summed E-state index contributed by atoms with van der Waals surface area (Å²) in [7, 11) is 1.61. The van der Waals surface area contributed by atoms with Gasteiger partial charge in [-0.15, -0.1) is 0 Å². The van der Waals surface area contributed by atoms with Gasteiger partial charge in [0.15, 0.2) is 0 Å². The van der Waals surface area contributed by atoms with Crippen LogP contribution in [0.15, 0.2) is 0 Å². The van der Waals surface area contributed by atoms with Crippen LogP contribution < -0.4 is 5.32 Å². The van der Waals surface area contributed by atoms with Crippen LogP contribution in [0.1, 0.15) is 12.8 Å². The number of imide groups is 1. The van der Waals surface area contributed by atoms with Crippen molar-refractivity contribution in [2.24, 2.45) is 0 Å². The van der Waals surface area contributed by atoms with Crippen molar-refractivity contribution < 1.29 is 24.2 Å². The van der Waals surface area contributed by atoms with Crippen molar-refractivity contribution in [2.75, 3.05) is 46.4 Å². The van der Waals surface area contributed by atoms with Crippen LogP contribution in [0.2, 0.25) is 0 Å². The molecule has 0 spiro atoms. The molecule has 1 saturated heterocycles. The maximum atomic E-state index is 11.7. The third-order valence-electron chi connectivity index (χ3n) is 3.00. The highest BCUT2D eigenvalue weighted by atomic mass is 16.5. The lowest BCUT2D eigenvalue weighted by atomic mass is 10.4. The number of carbonyl (C=O) groups excluding carboxylic acids is 2. The summed E-state index contributed by atoms with van der Waals surface area (Å²) >= 11 is 0. The van der Waals surface area contributed by atoms with Crippen LogP contribution in [0.25, 0.3) is 0 Å². The van der Waals surface area contributed by atoms with E-state index in [0.717, 1.165) is 19.6 Å². The molecule has 1 aliphatic rings. The second-order valence-corrected chi connectivity index (χ2v) is 4.71. The summed E-state index contributed by atoms with van der Waals surface area (Å²) in [5, 5.41) is 10.5.